The van der Waals surface area contributed by atoms with Crippen LogP contribution in [0.2, 0.25) is 0 Å². The van der Waals surface area contributed by atoms with E-state index in [4.69, 9.17) is 4.99 Å². The van der Waals surface area contributed by atoms with E-state index in [0.29, 0.717) is 6.54 Å². The lowest BCUT2D eigenvalue weighted by atomic mass is 9.85. The van der Waals surface area contributed by atoms with E-state index in [1.165, 1.54) is 6.07 Å². The Bertz CT molecular complexity index is 703. The Labute approximate surface area is 184 Å². The number of hydrogen-bond donors (Lipinski definition) is 2. The second-order valence-corrected chi connectivity index (χ2v) is 8.00. The number of rotatable bonds is 6. The van der Waals surface area contributed by atoms with Crippen molar-refractivity contribution in [2.24, 2.45) is 10.4 Å². The number of amides is 1. The summed E-state index contributed by atoms with van der Waals surface area (Å²) in [4.78, 5) is 19.2. The minimum Gasteiger partial charge on any atom is -0.357 e. The van der Waals surface area contributed by atoms with Crippen LogP contribution in [0.5, 0.6) is 0 Å². The van der Waals surface area contributed by atoms with Gasteiger partial charge in [-0.25, -0.2) is 4.39 Å². The second kappa shape index (κ2) is 9.89. The summed E-state index contributed by atoms with van der Waals surface area (Å²) in [5, 5.41) is 6.69. The van der Waals surface area contributed by atoms with Crippen LogP contribution in [0.4, 0.5) is 4.39 Å². The van der Waals surface area contributed by atoms with Gasteiger partial charge in [-0.3, -0.25) is 9.79 Å². The molecule has 0 radical (unpaired) electrons. The average molecular weight is 502 g/mol. The highest BCUT2D eigenvalue weighted by Gasteiger charge is 2.43. The van der Waals surface area contributed by atoms with Gasteiger partial charge in [0, 0.05) is 32.6 Å². The fourth-order valence-corrected chi connectivity index (χ4v) is 4.17. The zero-order valence-electron chi connectivity index (χ0n) is 17.0. The van der Waals surface area contributed by atoms with Crippen molar-refractivity contribution in [2.45, 2.75) is 51.0 Å². The van der Waals surface area contributed by atoms with Gasteiger partial charge in [0.15, 0.2) is 5.96 Å². The van der Waals surface area contributed by atoms with Crippen molar-refractivity contribution < 1.29 is 9.18 Å². The van der Waals surface area contributed by atoms with Crippen molar-refractivity contribution in [1.82, 2.24) is 15.5 Å². The maximum atomic E-state index is 14.0. The molecule has 2 atom stereocenters. The van der Waals surface area contributed by atoms with Crippen LogP contribution in [0, 0.1) is 11.2 Å². The lowest BCUT2D eigenvalue weighted by Gasteiger charge is -2.29. The summed E-state index contributed by atoms with van der Waals surface area (Å²) in [5.41, 5.74) is 0.390. The van der Waals surface area contributed by atoms with E-state index in [1.807, 2.05) is 33.2 Å². The van der Waals surface area contributed by atoms with Crippen LogP contribution >= 0.6 is 24.0 Å². The average Bonchev–Trinajstić information content (AvgIpc) is 3.23. The summed E-state index contributed by atoms with van der Waals surface area (Å²) in [5.74, 6) is 0.934. The second-order valence-electron chi connectivity index (χ2n) is 8.00. The Morgan fingerprint density at radius 1 is 1.29 bits per heavy atom. The molecule has 2 unspecified atom stereocenters. The van der Waals surface area contributed by atoms with Crippen LogP contribution in [0.15, 0.2) is 29.3 Å². The minimum absolute atomic E-state index is 0. The highest BCUT2D eigenvalue weighted by atomic mass is 127. The van der Waals surface area contributed by atoms with Crippen LogP contribution in [0.3, 0.4) is 0 Å². The molecule has 1 aromatic rings. The van der Waals surface area contributed by atoms with E-state index < -0.39 is 0 Å². The first-order chi connectivity index (χ1) is 13.0. The Morgan fingerprint density at radius 2 is 1.96 bits per heavy atom. The highest BCUT2D eigenvalue weighted by molar-refractivity contribution is 14.0. The molecule has 5 nitrogen and oxygen atoms in total. The van der Waals surface area contributed by atoms with E-state index in [1.54, 1.807) is 11.0 Å². The van der Waals surface area contributed by atoms with Crippen LogP contribution in [0.1, 0.15) is 50.5 Å². The van der Waals surface area contributed by atoms with Gasteiger partial charge in [-0.2, -0.15) is 0 Å². The van der Waals surface area contributed by atoms with Gasteiger partial charge in [0.2, 0.25) is 5.91 Å². The van der Waals surface area contributed by atoms with Gasteiger partial charge in [0.1, 0.15) is 5.82 Å². The molecule has 3 rings (SSSR count). The molecule has 0 saturated heterocycles. The SMILES string of the molecule is CCNC(=NCC1(C(=O)N(C)C)CCCC1)NC1CC1c1ccccc1F.I. The summed E-state index contributed by atoms with van der Waals surface area (Å²) >= 11 is 0. The van der Waals surface area contributed by atoms with Crippen molar-refractivity contribution >= 4 is 35.8 Å². The molecule has 0 heterocycles. The number of guanidine groups is 1. The number of nitrogens with one attached hydrogen (secondary N) is 2. The van der Waals surface area contributed by atoms with Gasteiger partial charge in [0.05, 0.1) is 12.0 Å². The Balaban J connectivity index is 0.00000280. The molecule has 0 aliphatic heterocycles. The lowest BCUT2D eigenvalue weighted by molar-refractivity contribution is -0.138. The molecule has 2 fully saturated rings. The third kappa shape index (κ3) is 5.15. The summed E-state index contributed by atoms with van der Waals surface area (Å²) in [6.07, 6.45) is 4.85. The quantitative estimate of drug-likeness (QED) is 0.356. The molecule has 2 aliphatic rings. The number of aliphatic imine (C=N–C) groups is 1. The topological polar surface area (TPSA) is 56.7 Å². The number of hydrogen-bond acceptors (Lipinski definition) is 2. The van der Waals surface area contributed by atoms with E-state index >= 15 is 0 Å². The largest absolute Gasteiger partial charge is 0.357 e. The van der Waals surface area contributed by atoms with Crippen LogP contribution in [-0.4, -0.2) is 50.0 Å². The lowest BCUT2D eigenvalue weighted by Crippen LogP contribution is -2.43. The van der Waals surface area contributed by atoms with Crippen molar-refractivity contribution in [2.75, 3.05) is 27.2 Å². The van der Waals surface area contributed by atoms with Crippen molar-refractivity contribution in [1.29, 1.82) is 0 Å². The molecule has 0 spiro atoms. The molecule has 2 aliphatic carbocycles. The van der Waals surface area contributed by atoms with E-state index in [0.717, 1.165) is 50.2 Å². The monoisotopic (exact) mass is 502 g/mol. The number of nitrogens with zero attached hydrogens (tertiary/aromatic N) is 2. The zero-order chi connectivity index (χ0) is 19.4. The Morgan fingerprint density at radius 3 is 2.57 bits per heavy atom. The number of carbonyl (C=O) groups excluding carboxylic acids is 1. The Hall–Kier alpha value is -1.38. The molecule has 1 amide bonds. The van der Waals surface area contributed by atoms with Gasteiger partial charge < -0.3 is 15.5 Å². The predicted octanol–water partition coefficient (Wildman–Crippen LogP) is 3.50. The standard InChI is InChI=1S/C21H31FN4O.HI/c1-4-23-20(24-14-21(11-7-8-12-21)19(27)26(2)3)25-18-13-16(18)15-9-5-6-10-17(15)22;/h5-6,9-10,16,18H,4,7-8,11-14H2,1-3H3,(H2,23,24,25);1H. The maximum absolute atomic E-state index is 14.0. The fourth-order valence-electron chi connectivity index (χ4n) is 4.17. The van der Waals surface area contributed by atoms with Crippen LogP contribution < -0.4 is 10.6 Å². The summed E-state index contributed by atoms with van der Waals surface area (Å²) < 4.78 is 14.0. The molecule has 156 valence electrons. The van der Waals surface area contributed by atoms with Crippen molar-refractivity contribution in [3.8, 4) is 0 Å². The first-order valence-corrected chi connectivity index (χ1v) is 9.98. The van der Waals surface area contributed by atoms with Crippen molar-refractivity contribution in [3.63, 3.8) is 0 Å². The summed E-state index contributed by atoms with van der Waals surface area (Å²) in [6.45, 7) is 3.27. The van der Waals surface area contributed by atoms with E-state index in [9.17, 15) is 9.18 Å². The molecule has 2 N–H and O–H groups in total. The normalized spacial score (nSPS) is 22.9. The minimum atomic E-state index is -0.375. The van der Waals surface area contributed by atoms with Crippen LogP contribution in [0.25, 0.3) is 0 Å². The molecule has 0 aromatic heterocycles. The number of halogens is 2. The first-order valence-electron chi connectivity index (χ1n) is 9.98. The number of carbonyl (C=O) groups is 1. The molecular formula is C21H32FIN4O. The van der Waals surface area contributed by atoms with Crippen LogP contribution in [-0.2, 0) is 4.79 Å². The first kappa shape index (κ1) is 22.9. The molecule has 0 bridgehead atoms. The third-order valence-corrected chi connectivity index (χ3v) is 5.72. The van der Waals surface area contributed by atoms with E-state index in [-0.39, 0.29) is 53.1 Å². The number of benzene rings is 1. The maximum Gasteiger partial charge on any atom is 0.230 e. The fraction of sp³-hybridized carbons (Fsp3) is 0.619. The molecular weight excluding hydrogens is 470 g/mol. The smallest absolute Gasteiger partial charge is 0.230 e. The summed E-state index contributed by atoms with van der Waals surface area (Å²) in [7, 11) is 3.64. The zero-order valence-corrected chi connectivity index (χ0v) is 19.3. The van der Waals surface area contributed by atoms with Gasteiger partial charge >= 0.3 is 0 Å². The molecule has 1 aromatic carbocycles. The highest BCUT2D eigenvalue weighted by Crippen LogP contribution is 2.42. The van der Waals surface area contributed by atoms with Gasteiger partial charge in [0.25, 0.3) is 0 Å². The molecule has 28 heavy (non-hydrogen) atoms. The molecule has 7 heteroatoms. The Kier molecular flexibility index (Phi) is 8.09. The van der Waals surface area contributed by atoms with Gasteiger partial charge in [-0.05, 0) is 37.8 Å². The van der Waals surface area contributed by atoms with Crippen molar-refractivity contribution in [3.05, 3.63) is 35.6 Å². The van der Waals surface area contributed by atoms with E-state index in [2.05, 4.69) is 10.6 Å². The predicted molar refractivity (Wildman–Crippen MR) is 122 cm³/mol. The third-order valence-electron chi connectivity index (χ3n) is 5.72. The molecule has 2 saturated carbocycles. The van der Waals surface area contributed by atoms with Gasteiger partial charge in [-0.15, -0.1) is 24.0 Å². The van der Waals surface area contributed by atoms with Gasteiger partial charge in [-0.1, -0.05) is 31.0 Å². The summed E-state index contributed by atoms with van der Waals surface area (Å²) in [6, 6.07) is 7.15.